The van der Waals surface area contributed by atoms with Crippen molar-refractivity contribution in [1.82, 2.24) is 14.5 Å². The lowest BCUT2D eigenvalue weighted by Crippen LogP contribution is -2.44. The zero-order valence-corrected chi connectivity index (χ0v) is 11.6. The Kier molecular flexibility index (Phi) is 3.59. The van der Waals surface area contributed by atoms with Gasteiger partial charge in [0.05, 0.1) is 5.92 Å². The molecule has 5 nitrogen and oxygen atoms in total. The normalized spacial score (nSPS) is 22.9. The van der Waals surface area contributed by atoms with Gasteiger partial charge in [-0.2, -0.15) is 0 Å². The fraction of sp³-hybridized carbons (Fsp3) is 0.615. The number of carbonyl (C=O) groups is 1. The van der Waals surface area contributed by atoms with Crippen LogP contribution in [0.1, 0.15) is 19.3 Å². The minimum atomic E-state index is -0.0856. The summed E-state index contributed by atoms with van der Waals surface area (Å²) in [6, 6.07) is 1.46. The van der Waals surface area contributed by atoms with Crippen LogP contribution in [0, 0.1) is 5.92 Å². The molecule has 0 radical (unpaired) electrons. The second kappa shape index (κ2) is 5.36. The van der Waals surface area contributed by atoms with Crippen LogP contribution < -0.4 is 5.56 Å². The van der Waals surface area contributed by atoms with Crippen LogP contribution in [0.3, 0.4) is 0 Å². The standard InChI is InChI=1S/C13H17N3O2S/c17-11-4-5-14-13-16(11)8-10(9-19-13)12(18)15-6-2-1-3-7-15/h4-5,10H,1-3,6-9H2. The van der Waals surface area contributed by atoms with Gasteiger partial charge in [-0.25, -0.2) is 4.98 Å². The number of nitrogens with zero attached hydrogens (tertiary/aromatic N) is 3. The second-order valence-corrected chi connectivity index (χ2v) is 6.06. The van der Waals surface area contributed by atoms with Crippen LogP contribution in [0.4, 0.5) is 0 Å². The number of thioether (sulfide) groups is 1. The van der Waals surface area contributed by atoms with E-state index in [4.69, 9.17) is 0 Å². The number of amides is 1. The number of aromatic nitrogens is 2. The lowest BCUT2D eigenvalue weighted by molar-refractivity contribution is -0.136. The molecule has 1 aromatic heterocycles. The Morgan fingerprint density at radius 3 is 2.89 bits per heavy atom. The number of hydrogen-bond acceptors (Lipinski definition) is 4. The lowest BCUT2D eigenvalue weighted by Gasteiger charge is -2.32. The predicted octanol–water partition coefficient (Wildman–Crippen LogP) is 0.978. The van der Waals surface area contributed by atoms with E-state index >= 15 is 0 Å². The molecule has 0 saturated carbocycles. The van der Waals surface area contributed by atoms with Crippen LogP contribution in [-0.2, 0) is 11.3 Å². The van der Waals surface area contributed by atoms with Gasteiger partial charge in [0.2, 0.25) is 5.91 Å². The minimum Gasteiger partial charge on any atom is -0.342 e. The van der Waals surface area contributed by atoms with Gasteiger partial charge >= 0.3 is 0 Å². The van der Waals surface area contributed by atoms with E-state index < -0.39 is 0 Å². The third kappa shape index (κ3) is 2.54. The van der Waals surface area contributed by atoms with E-state index in [1.165, 1.54) is 30.4 Å². The zero-order chi connectivity index (χ0) is 13.2. The van der Waals surface area contributed by atoms with Crippen LogP contribution in [0.15, 0.2) is 22.2 Å². The van der Waals surface area contributed by atoms with Gasteiger partial charge in [-0.1, -0.05) is 11.8 Å². The number of likely N-dealkylation sites (tertiary alicyclic amines) is 1. The average Bonchev–Trinajstić information content (AvgIpc) is 2.47. The van der Waals surface area contributed by atoms with Gasteiger partial charge in [-0.3, -0.25) is 14.2 Å². The molecule has 1 amide bonds. The molecule has 1 aromatic rings. The van der Waals surface area contributed by atoms with E-state index in [1.807, 2.05) is 4.90 Å². The van der Waals surface area contributed by atoms with Gasteiger partial charge in [0.1, 0.15) is 0 Å². The minimum absolute atomic E-state index is 0.0614. The van der Waals surface area contributed by atoms with E-state index in [-0.39, 0.29) is 17.4 Å². The summed E-state index contributed by atoms with van der Waals surface area (Å²) >= 11 is 1.51. The van der Waals surface area contributed by atoms with Gasteiger partial charge in [0, 0.05) is 37.7 Å². The van der Waals surface area contributed by atoms with E-state index in [0.29, 0.717) is 6.54 Å². The molecule has 19 heavy (non-hydrogen) atoms. The maximum Gasteiger partial charge on any atom is 0.254 e. The van der Waals surface area contributed by atoms with Crippen molar-refractivity contribution in [2.75, 3.05) is 18.8 Å². The van der Waals surface area contributed by atoms with E-state index in [1.54, 1.807) is 4.57 Å². The Morgan fingerprint density at radius 1 is 1.32 bits per heavy atom. The lowest BCUT2D eigenvalue weighted by atomic mass is 10.1. The molecular weight excluding hydrogens is 262 g/mol. The summed E-state index contributed by atoms with van der Waals surface area (Å²) in [5.74, 6) is 0.845. The van der Waals surface area contributed by atoms with E-state index in [9.17, 15) is 9.59 Å². The molecule has 6 heteroatoms. The highest BCUT2D eigenvalue weighted by Gasteiger charge is 2.30. The first-order valence-corrected chi connectivity index (χ1v) is 7.72. The molecule has 2 aliphatic rings. The third-order valence-corrected chi connectivity index (χ3v) is 4.89. The quantitative estimate of drug-likeness (QED) is 0.719. The van der Waals surface area contributed by atoms with Crippen molar-refractivity contribution in [2.45, 2.75) is 31.0 Å². The summed E-state index contributed by atoms with van der Waals surface area (Å²) < 4.78 is 1.63. The van der Waals surface area contributed by atoms with Gasteiger partial charge in [-0.05, 0) is 19.3 Å². The van der Waals surface area contributed by atoms with Crippen molar-refractivity contribution in [3.8, 4) is 0 Å². The number of carbonyl (C=O) groups excluding carboxylic acids is 1. The van der Waals surface area contributed by atoms with Crippen molar-refractivity contribution in [2.24, 2.45) is 5.92 Å². The first-order chi connectivity index (χ1) is 9.25. The van der Waals surface area contributed by atoms with Crippen molar-refractivity contribution >= 4 is 17.7 Å². The average molecular weight is 279 g/mol. The second-order valence-electron chi connectivity index (χ2n) is 5.07. The maximum atomic E-state index is 12.5. The Morgan fingerprint density at radius 2 is 2.11 bits per heavy atom. The molecule has 3 rings (SSSR count). The maximum absolute atomic E-state index is 12.5. The molecule has 0 bridgehead atoms. The van der Waals surface area contributed by atoms with Crippen LogP contribution >= 0.6 is 11.8 Å². The molecule has 1 atom stereocenters. The smallest absolute Gasteiger partial charge is 0.254 e. The molecule has 0 spiro atoms. The molecule has 3 heterocycles. The molecule has 1 saturated heterocycles. The summed E-state index contributed by atoms with van der Waals surface area (Å²) in [6.07, 6.45) is 4.96. The molecule has 1 fully saturated rings. The van der Waals surface area contributed by atoms with Crippen LogP contribution in [0.25, 0.3) is 0 Å². The summed E-state index contributed by atoms with van der Waals surface area (Å²) in [4.78, 5) is 30.4. The highest BCUT2D eigenvalue weighted by atomic mass is 32.2. The Bertz CT molecular complexity index is 537. The summed E-state index contributed by atoms with van der Waals surface area (Å²) in [7, 11) is 0. The molecular formula is C13H17N3O2S. The van der Waals surface area contributed by atoms with Crippen LogP contribution in [0.5, 0.6) is 0 Å². The first kappa shape index (κ1) is 12.7. The molecule has 0 aliphatic carbocycles. The number of piperidine rings is 1. The first-order valence-electron chi connectivity index (χ1n) is 6.73. The predicted molar refractivity (Wildman–Crippen MR) is 73.1 cm³/mol. The van der Waals surface area contributed by atoms with Crippen molar-refractivity contribution in [3.05, 3.63) is 22.6 Å². The number of rotatable bonds is 1. The van der Waals surface area contributed by atoms with Crippen LogP contribution in [0.2, 0.25) is 0 Å². The molecule has 0 aromatic carbocycles. The Balaban J connectivity index is 1.76. The Labute approximate surface area is 116 Å². The fourth-order valence-corrected chi connectivity index (χ4v) is 3.73. The SMILES string of the molecule is O=C(C1CSc2nccc(=O)n2C1)N1CCCCC1. The monoisotopic (exact) mass is 279 g/mol. The molecule has 1 unspecified atom stereocenters. The van der Waals surface area contributed by atoms with Crippen LogP contribution in [-0.4, -0.2) is 39.2 Å². The summed E-state index contributed by atoms with van der Waals surface area (Å²) in [5.41, 5.74) is -0.0614. The largest absolute Gasteiger partial charge is 0.342 e. The molecule has 2 aliphatic heterocycles. The number of fused-ring (bicyclic) bond motifs is 1. The van der Waals surface area contributed by atoms with Gasteiger partial charge in [0.15, 0.2) is 5.16 Å². The third-order valence-electron chi connectivity index (χ3n) is 3.73. The van der Waals surface area contributed by atoms with Gasteiger partial charge in [0.25, 0.3) is 5.56 Å². The van der Waals surface area contributed by atoms with Crippen molar-refractivity contribution in [1.29, 1.82) is 0 Å². The van der Waals surface area contributed by atoms with Gasteiger partial charge in [-0.15, -0.1) is 0 Å². The molecule has 0 N–H and O–H groups in total. The van der Waals surface area contributed by atoms with Crippen molar-refractivity contribution < 1.29 is 4.79 Å². The summed E-state index contributed by atoms with van der Waals surface area (Å²) in [6.45, 7) is 2.22. The highest BCUT2D eigenvalue weighted by molar-refractivity contribution is 7.99. The molecule has 102 valence electrons. The Hall–Kier alpha value is -1.30. The highest BCUT2D eigenvalue weighted by Crippen LogP contribution is 2.26. The van der Waals surface area contributed by atoms with Crippen molar-refractivity contribution in [3.63, 3.8) is 0 Å². The zero-order valence-electron chi connectivity index (χ0n) is 10.7. The topological polar surface area (TPSA) is 55.2 Å². The fourth-order valence-electron chi connectivity index (χ4n) is 2.67. The van der Waals surface area contributed by atoms with Gasteiger partial charge < -0.3 is 4.90 Å². The van der Waals surface area contributed by atoms with E-state index in [0.717, 1.165) is 36.8 Å². The summed E-state index contributed by atoms with van der Waals surface area (Å²) in [5, 5.41) is 0.732. The van der Waals surface area contributed by atoms with E-state index in [2.05, 4.69) is 4.98 Å². The number of hydrogen-bond donors (Lipinski definition) is 0.